The maximum Gasteiger partial charge on any atom is 0.236 e. The van der Waals surface area contributed by atoms with Gasteiger partial charge in [-0.2, -0.15) is 0 Å². The van der Waals surface area contributed by atoms with Gasteiger partial charge in [-0.25, -0.2) is 0 Å². The van der Waals surface area contributed by atoms with Gasteiger partial charge < -0.3 is 23.0 Å². The number of carbonyl (C=O) groups is 1. The summed E-state index contributed by atoms with van der Waals surface area (Å²) in [5, 5.41) is 13.7. The minimum atomic E-state index is -0.179. The molecule has 2 unspecified atom stereocenters. The topological polar surface area (TPSA) is 65.2 Å². The van der Waals surface area contributed by atoms with Crippen LogP contribution in [0, 0.1) is 16.4 Å². The monoisotopic (exact) mass is 1350 g/mol. The number of fused-ring (bicyclic) bond motifs is 21. The van der Waals surface area contributed by atoms with E-state index in [-0.39, 0.29) is 17.8 Å². The maximum atomic E-state index is 15.5. The number of Topliss-reactive ketones (excluding diaryl/α,β-unsaturated/α-hetero) is 1. The van der Waals surface area contributed by atoms with Gasteiger partial charge in [0.05, 0.1) is 67.6 Å². The predicted molar refractivity (Wildman–Crippen MR) is 427 cm³/mol. The number of carbonyl (C=O) groups excluding carboxylic acids is 1. The Morgan fingerprint density at radius 2 is 0.857 bits per heavy atom. The first-order valence-corrected chi connectivity index (χ1v) is 36.7. The second-order valence-corrected chi connectivity index (χ2v) is 28.9. The van der Waals surface area contributed by atoms with Crippen molar-refractivity contribution in [1.82, 2.24) is 27.8 Å². The van der Waals surface area contributed by atoms with E-state index in [1.807, 2.05) is 0 Å². The van der Waals surface area contributed by atoms with Crippen molar-refractivity contribution in [3.8, 4) is 33.9 Å². The summed E-state index contributed by atoms with van der Waals surface area (Å²) in [6, 6.07) is 111. The molecule has 9 nitrogen and oxygen atoms in total. The zero-order valence-electron chi connectivity index (χ0n) is 57.2. The molecular formula is C96H64N7O2+. The van der Waals surface area contributed by atoms with Crippen LogP contribution >= 0.6 is 0 Å². The zero-order chi connectivity index (χ0) is 68.7. The first-order chi connectivity index (χ1) is 52.0. The van der Waals surface area contributed by atoms with E-state index in [1.165, 1.54) is 43.6 Å². The summed E-state index contributed by atoms with van der Waals surface area (Å²) < 4.78 is 19.4. The van der Waals surface area contributed by atoms with Gasteiger partial charge in [0, 0.05) is 113 Å². The van der Waals surface area contributed by atoms with Crippen molar-refractivity contribution in [2.45, 2.75) is 38.2 Å². The van der Waals surface area contributed by atoms with Crippen LogP contribution in [-0.2, 0) is 9.53 Å². The third-order valence-corrected chi connectivity index (χ3v) is 23.4. The van der Waals surface area contributed by atoms with Gasteiger partial charge in [-0.3, -0.25) is 14.7 Å². The minimum Gasteiger partial charge on any atom is -0.489 e. The molecule has 0 bridgehead atoms. The van der Waals surface area contributed by atoms with Crippen LogP contribution in [0.25, 0.3) is 132 Å². The van der Waals surface area contributed by atoms with Crippen molar-refractivity contribution >= 4 is 133 Å². The molecule has 23 rings (SSSR count). The first kappa shape index (κ1) is 58.3. The van der Waals surface area contributed by atoms with Gasteiger partial charge in [-0.1, -0.05) is 170 Å². The Morgan fingerprint density at radius 3 is 1.45 bits per heavy atom. The van der Waals surface area contributed by atoms with Crippen molar-refractivity contribution in [3.05, 3.63) is 354 Å². The van der Waals surface area contributed by atoms with Crippen molar-refractivity contribution in [2.75, 3.05) is 4.90 Å². The van der Waals surface area contributed by atoms with E-state index in [9.17, 15) is 0 Å². The Balaban J connectivity index is 0.835. The number of ketones is 1. The lowest BCUT2D eigenvalue weighted by Crippen LogP contribution is -2.39. The predicted octanol–water partition coefficient (Wildman–Crippen LogP) is 21.7. The third kappa shape index (κ3) is 8.43. The average Bonchev–Trinajstić information content (AvgIpc) is 1.38. The quantitative estimate of drug-likeness (QED) is 0.156. The van der Waals surface area contributed by atoms with Crippen molar-refractivity contribution < 1.29 is 9.53 Å². The number of anilines is 3. The normalized spacial score (nSPS) is 16.1. The molecule has 3 aliphatic carbocycles. The standard InChI is InChI=1S/C96H64N7O2/c104-96-71-33-13-22-42-93(71)105-94-56-79-73(53-80(94)96)72-49-60(102-85-38-18-11-31-69(85)76-50-61(44-47-87(76)102)100-81-34-14-7-27-65(81)66-28-8-15-35-82(66)100)43-46-64(72)74-54-91-92(99(59-25-5-2-6-26-59)90-41-21-20-40-89(90)98(91)58-23-3-1-4-24-58)55-75(74)78-52-63(57-97-95(78)79)103-86-39-19-12-32-70(86)77-51-62(45-48-88(77)103)101-83-36-16-9-29-67(83)68-30-10-17-37-84(68)101/h1-12,14-21,23-32,34-41,43-52,54-57,71,93H,13,22,33,42,53H2/q+1. The number of ether oxygens (including phenoxy) is 1. The molecule has 0 N–H and O–H groups in total. The number of nitrogens with zero attached hydrogens (tertiary/aromatic N) is 7. The summed E-state index contributed by atoms with van der Waals surface area (Å²) in [4.78, 5) is 23.9. The Labute approximate surface area is 602 Å². The van der Waals surface area contributed by atoms with Crippen LogP contribution in [0.2, 0.25) is 0 Å². The summed E-state index contributed by atoms with van der Waals surface area (Å²) in [6.45, 7) is 0. The van der Waals surface area contributed by atoms with Crippen LogP contribution in [0.15, 0.2) is 327 Å². The fourth-order valence-corrected chi connectivity index (χ4v) is 18.9. The van der Waals surface area contributed by atoms with E-state index >= 15 is 4.79 Å². The largest absolute Gasteiger partial charge is 0.489 e. The number of hydrogen-bond donors (Lipinski definition) is 0. The Kier molecular flexibility index (Phi) is 12.4. The summed E-state index contributed by atoms with van der Waals surface area (Å²) in [7, 11) is 0. The van der Waals surface area contributed by atoms with Crippen molar-refractivity contribution in [1.29, 1.82) is 0 Å². The molecule has 5 aliphatic rings. The van der Waals surface area contributed by atoms with Crippen LogP contribution in [-0.4, -0.2) is 35.1 Å². The molecule has 5 aromatic heterocycles. The second-order valence-electron chi connectivity index (χ2n) is 28.9. The summed E-state index contributed by atoms with van der Waals surface area (Å²) in [6.07, 6.45) is 8.24. The smallest absolute Gasteiger partial charge is 0.236 e. The molecule has 18 aromatic rings. The second kappa shape index (κ2) is 22.3. The van der Waals surface area contributed by atoms with E-state index in [4.69, 9.17) is 9.72 Å². The van der Waals surface area contributed by atoms with Crippen molar-refractivity contribution in [2.24, 2.45) is 5.92 Å². The van der Waals surface area contributed by atoms with E-state index in [2.05, 4.69) is 343 Å². The first-order valence-electron chi connectivity index (χ1n) is 36.7. The fraction of sp³-hybridized carbons (Fsp3) is 0.0729. The number of aromatic nitrogens is 5. The number of allylic oxidation sites excluding steroid dienone is 3. The summed E-state index contributed by atoms with van der Waals surface area (Å²) >= 11 is 0. The molecule has 0 radical (unpaired) electrons. The Hall–Kier alpha value is -13.4. The Bertz CT molecular complexity index is 7100. The van der Waals surface area contributed by atoms with Gasteiger partial charge in [0.15, 0.2) is 5.78 Å². The lowest BCUT2D eigenvalue weighted by molar-refractivity contribution is -0.127. The van der Waals surface area contributed by atoms with E-state index in [0.717, 1.165) is 175 Å². The summed E-state index contributed by atoms with van der Waals surface area (Å²) in [5.41, 5.74) is 24.0. The lowest BCUT2D eigenvalue weighted by atomic mass is 9.75. The average molecular weight is 1350 g/mol. The molecule has 2 aliphatic heterocycles. The SMILES string of the molecule is O=C1C2=C(C=C3C(=c4cc(-n5c6ccccc6c6cc(-n7c8ccccc8c8ccccc87)ccc65)ccc4=c4cc5c(cc4-c4cc(-n6c7ccccc7c7cc(-n8c9ccccc9c9ccccc98)ccc76)cnc43)=[N+](c3ccccc3)c3ccccc3N5c3ccccc3)C2)OC2CCCCC12. The molecule has 13 aromatic carbocycles. The van der Waals surface area contributed by atoms with E-state index < -0.39 is 0 Å². The van der Waals surface area contributed by atoms with Crippen LogP contribution < -0.4 is 20.1 Å². The highest BCUT2D eigenvalue weighted by molar-refractivity contribution is 6.16. The molecule has 1 saturated carbocycles. The molecule has 7 heterocycles. The third-order valence-electron chi connectivity index (χ3n) is 23.4. The number of hydrogen-bond acceptors (Lipinski definition) is 4. The minimum absolute atomic E-state index is 0.172. The number of pyridine rings is 1. The van der Waals surface area contributed by atoms with Crippen LogP contribution in [0.5, 0.6) is 0 Å². The van der Waals surface area contributed by atoms with Crippen LogP contribution in [0.1, 0.15) is 37.8 Å². The van der Waals surface area contributed by atoms with Gasteiger partial charge in [-0.15, -0.1) is 4.58 Å². The molecule has 0 amide bonds. The highest BCUT2D eigenvalue weighted by Crippen LogP contribution is 2.50. The van der Waals surface area contributed by atoms with Crippen molar-refractivity contribution in [3.63, 3.8) is 0 Å². The summed E-state index contributed by atoms with van der Waals surface area (Å²) in [5.74, 6) is 0.714. The lowest BCUT2D eigenvalue weighted by Gasteiger charge is -2.38. The molecule has 494 valence electrons. The number of para-hydroxylation sites is 10. The highest BCUT2D eigenvalue weighted by Gasteiger charge is 2.43. The van der Waals surface area contributed by atoms with Crippen LogP contribution in [0.4, 0.5) is 28.4 Å². The van der Waals surface area contributed by atoms with Gasteiger partial charge in [0.1, 0.15) is 23.2 Å². The van der Waals surface area contributed by atoms with Gasteiger partial charge >= 0.3 is 0 Å². The zero-order valence-corrected chi connectivity index (χ0v) is 57.2. The highest BCUT2D eigenvalue weighted by atomic mass is 16.5. The Morgan fingerprint density at radius 1 is 0.371 bits per heavy atom. The van der Waals surface area contributed by atoms with Crippen LogP contribution in [0.3, 0.4) is 0 Å². The molecule has 0 saturated heterocycles. The number of benzene rings is 13. The van der Waals surface area contributed by atoms with Gasteiger partial charge in [0.25, 0.3) is 0 Å². The van der Waals surface area contributed by atoms with E-state index in [0.29, 0.717) is 12.2 Å². The number of rotatable bonds is 6. The molecular weight excluding hydrogens is 1280 g/mol. The molecule has 0 spiro atoms. The molecule has 1 fully saturated rings. The van der Waals surface area contributed by atoms with E-state index in [1.54, 1.807) is 0 Å². The molecule has 105 heavy (non-hydrogen) atoms. The maximum absolute atomic E-state index is 15.5. The fourth-order valence-electron chi connectivity index (χ4n) is 18.9. The molecule has 2 atom stereocenters. The molecule has 9 heteroatoms. The van der Waals surface area contributed by atoms with Gasteiger partial charge in [0.2, 0.25) is 16.7 Å². The van der Waals surface area contributed by atoms with Gasteiger partial charge in [-0.05, 0) is 167 Å².